The first-order valence-electron chi connectivity index (χ1n) is 0.289. The summed E-state index contributed by atoms with van der Waals surface area (Å²) in [6, 6.07) is 0. The van der Waals surface area contributed by atoms with Crippen LogP contribution in [-0.2, 0) is 38.9 Å². The minimum absolute atomic E-state index is 0. The van der Waals surface area contributed by atoms with E-state index in [1.54, 1.807) is 0 Å². The molecule has 0 fully saturated rings. The summed E-state index contributed by atoms with van der Waals surface area (Å²) in [7, 11) is 0. The van der Waals surface area contributed by atoms with Crippen molar-refractivity contribution in [1.82, 2.24) is 0 Å². The molecule has 0 aliphatic heterocycles. The Morgan fingerprint density at radius 1 is 1.25 bits per heavy atom. The van der Waals surface area contributed by atoms with Gasteiger partial charge in [-0.2, -0.15) is 0 Å². The quantitative estimate of drug-likeness (QED) is 0.491. The number of rotatable bonds is 0. The second kappa shape index (κ2) is 21.3. The van der Waals surface area contributed by atoms with Crippen LogP contribution in [0, 0.1) is 0 Å². The van der Waals surface area contributed by atoms with Gasteiger partial charge in [0.05, 0.1) is 0 Å². The van der Waals surface area contributed by atoms with E-state index in [4.69, 9.17) is 3.57 Å². The van der Waals surface area contributed by atoms with E-state index in [2.05, 4.69) is 0 Å². The molecule has 0 spiro atoms. The Hall–Kier alpha value is 1.81. The van der Waals surface area contributed by atoms with Crippen LogP contribution in [0.4, 0.5) is 0 Å². The van der Waals surface area contributed by atoms with Gasteiger partial charge in [0.25, 0.3) is 0 Å². The van der Waals surface area contributed by atoms with Crippen LogP contribution in [0.15, 0.2) is 0 Å². The van der Waals surface area contributed by atoms with Gasteiger partial charge in [-0.15, -0.1) is 0 Å². The van der Waals surface area contributed by atoms with Gasteiger partial charge in [0.15, 0.2) is 0 Å². The van der Waals surface area contributed by atoms with Gasteiger partial charge in [0.1, 0.15) is 0 Å². The molecule has 0 N–H and O–H groups in total. The Bertz CT molecular complexity index is 8.00. The van der Waals surface area contributed by atoms with Gasteiger partial charge in [0, 0.05) is 17.1 Å². The van der Waals surface area contributed by atoms with Crippen molar-refractivity contribution in [3.8, 4) is 0 Å². The van der Waals surface area contributed by atoms with Crippen molar-refractivity contribution in [1.29, 1.82) is 0 Å². The molecule has 22 valence electrons. The van der Waals surface area contributed by atoms with Gasteiger partial charge in [0.2, 0.25) is 0 Å². The van der Waals surface area contributed by atoms with Gasteiger partial charge in [-0.3, -0.25) is 0 Å². The van der Waals surface area contributed by atoms with Crippen molar-refractivity contribution >= 4 is 25.8 Å². The molecule has 4 heteroatoms. The zero-order valence-corrected chi connectivity index (χ0v) is 5.54. The zero-order chi connectivity index (χ0) is 2.00. The van der Waals surface area contributed by atoms with Crippen molar-refractivity contribution in [3.63, 3.8) is 0 Å². The first-order valence-corrected chi connectivity index (χ1v) is 1.50. The molecule has 0 aromatic heterocycles. The molecule has 0 unspecified atom stereocenters. The van der Waals surface area contributed by atoms with Crippen molar-refractivity contribution in [3.05, 3.63) is 0 Å². The maximum absolute atomic E-state index is 8.38. The molecule has 0 heterocycles. The summed E-state index contributed by atoms with van der Waals surface area (Å²) in [5.41, 5.74) is 0. The van der Waals surface area contributed by atoms with E-state index in [0.717, 1.165) is 0 Å². The van der Waals surface area contributed by atoms with E-state index in [1.807, 2.05) is 0 Å². The normalized spacial score (nSPS) is 1.50. The summed E-state index contributed by atoms with van der Waals surface area (Å²) in [5.74, 6) is 0. The topological polar surface area (TPSA) is 17.1 Å². The Morgan fingerprint density at radius 3 is 1.25 bits per heavy atom. The van der Waals surface area contributed by atoms with Crippen LogP contribution >= 0.6 is 0 Å². The maximum atomic E-state index is 8.38. The van der Waals surface area contributed by atoms with Crippen LogP contribution in [-0.4, -0.2) is 25.8 Å². The first-order chi connectivity index (χ1) is 1.00. The molecule has 0 radical (unpaired) electrons. The Kier molecular flexibility index (Phi) is 90.6. The van der Waals surface area contributed by atoms with E-state index >= 15 is 0 Å². The molecule has 0 aliphatic carbocycles. The monoisotopic (exact) mass is 254 g/mol. The predicted octanol–water partition coefficient (Wildman–Crippen LogP) is -1.31. The van der Waals surface area contributed by atoms with Crippen LogP contribution in [0.5, 0.6) is 0 Å². The van der Waals surface area contributed by atoms with Gasteiger partial charge in [-0.1, -0.05) is 0 Å². The van der Waals surface area contributed by atoms with Gasteiger partial charge in [-0.25, -0.2) is 0 Å². The molecular weight excluding hydrogens is 252 g/mol. The fourth-order valence-electron chi connectivity index (χ4n) is 0. The van der Waals surface area contributed by atoms with Crippen LogP contribution in [0.3, 0.4) is 0 Å². The second-order valence-electron chi connectivity index (χ2n) is 0. The van der Waals surface area contributed by atoms with Crippen LogP contribution < -0.4 is 0 Å². The van der Waals surface area contributed by atoms with Crippen molar-refractivity contribution in [2.45, 2.75) is 0 Å². The fraction of sp³-hybridized carbons (Fsp3) is 0. The van der Waals surface area contributed by atoms with Gasteiger partial charge < -0.3 is 0 Å². The predicted molar refractivity (Wildman–Crippen MR) is 10.6 cm³/mol. The zero-order valence-electron chi connectivity index (χ0n) is 1.47. The summed E-state index contributed by atoms with van der Waals surface area (Å²) in [6.07, 6.45) is 0. The van der Waals surface area contributed by atoms with Crippen LogP contribution in [0.25, 0.3) is 0 Å². The summed E-state index contributed by atoms with van der Waals surface area (Å²) in [4.78, 5) is 0. The Labute approximate surface area is 64.1 Å². The molecule has 0 bridgehead atoms. The summed E-state index contributed by atoms with van der Waals surface area (Å²) < 4.78 is 8.38. The molecule has 0 aromatic rings. The third kappa shape index (κ3) is 9.18. The van der Waals surface area contributed by atoms with Crippen molar-refractivity contribution in [2.24, 2.45) is 0 Å². The molecule has 0 aromatic carbocycles. The average Bonchev–Trinajstić information content (AvgIpc) is 1.00. The van der Waals surface area contributed by atoms with Gasteiger partial charge in [-0.05, 0) is 0 Å². The first kappa shape index (κ1) is 17.0. The average molecular weight is 255 g/mol. The molecule has 0 saturated carbocycles. The molecule has 0 aliphatic rings. The molecular formula is H3FeInOZn. The number of hydrogen-bond acceptors (Lipinski definition) is 1. The number of hydrogen-bond donors (Lipinski definition) is 0. The van der Waals surface area contributed by atoms with Crippen LogP contribution in [0.2, 0.25) is 0 Å². The molecule has 4 heavy (non-hydrogen) atoms. The van der Waals surface area contributed by atoms with E-state index in [1.165, 1.54) is 0 Å². The fourth-order valence-corrected chi connectivity index (χ4v) is 0. The second-order valence-corrected chi connectivity index (χ2v) is 0. The van der Waals surface area contributed by atoms with E-state index in [9.17, 15) is 0 Å². The Morgan fingerprint density at radius 2 is 1.25 bits per heavy atom. The summed E-state index contributed by atoms with van der Waals surface area (Å²) in [5, 5.41) is 0. The minimum atomic E-state index is 0. The molecule has 1 nitrogen and oxygen atoms in total. The van der Waals surface area contributed by atoms with Crippen molar-refractivity contribution in [2.75, 3.05) is 0 Å². The summed E-state index contributed by atoms with van der Waals surface area (Å²) in [6.45, 7) is 0. The van der Waals surface area contributed by atoms with Crippen molar-refractivity contribution < 1.29 is 38.9 Å². The van der Waals surface area contributed by atoms with E-state index in [-0.39, 0.29) is 61.2 Å². The summed E-state index contributed by atoms with van der Waals surface area (Å²) >= 11 is 0.125. The third-order valence-corrected chi connectivity index (χ3v) is 0. The van der Waals surface area contributed by atoms with E-state index < -0.39 is 0 Å². The molecule has 0 rings (SSSR count). The van der Waals surface area contributed by atoms with Gasteiger partial charge >= 0.3 is 47.7 Å². The molecule has 0 atom stereocenters. The van der Waals surface area contributed by atoms with Crippen LogP contribution in [0.1, 0.15) is 0 Å². The molecule has 0 saturated heterocycles. The SMILES string of the molecule is [Fe].[InH3].[O]=[Zn]. The standard InChI is InChI=1S/Fe.In.O.Zn.3H. The van der Waals surface area contributed by atoms with E-state index in [0.29, 0.717) is 0 Å². The Balaban J connectivity index is -0.00000000500. The third-order valence-electron chi connectivity index (χ3n) is 0. The molecule has 0 amide bonds.